The lowest BCUT2D eigenvalue weighted by Crippen LogP contribution is -2.27. The molecule has 0 saturated heterocycles. The molecule has 2 aromatic carbocycles. The molecular formula is C29H36O. The van der Waals surface area contributed by atoms with Gasteiger partial charge in [0.15, 0.2) is 0 Å². The molecule has 0 aromatic heterocycles. The van der Waals surface area contributed by atoms with Crippen LogP contribution < -0.4 is 0 Å². The van der Waals surface area contributed by atoms with E-state index >= 15 is 0 Å². The summed E-state index contributed by atoms with van der Waals surface area (Å²) in [6, 6.07) is 21.1. The van der Waals surface area contributed by atoms with Crippen LogP contribution in [0.25, 0.3) is 0 Å². The van der Waals surface area contributed by atoms with E-state index in [1.54, 1.807) is 5.57 Å². The minimum Gasteiger partial charge on any atom is -0.299 e. The molecule has 1 aliphatic rings. The van der Waals surface area contributed by atoms with Crippen LogP contribution in [0.15, 0.2) is 84.0 Å². The van der Waals surface area contributed by atoms with E-state index in [0.717, 1.165) is 44.9 Å². The van der Waals surface area contributed by atoms with Crippen LogP contribution in [0.5, 0.6) is 0 Å². The summed E-state index contributed by atoms with van der Waals surface area (Å²) in [5.41, 5.74) is 5.59. The summed E-state index contributed by atoms with van der Waals surface area (Å²) in [4.78, 5) is 13.2. The van der Waals surface area contributed by atoms with Crippen molar-refractivity contribution >= 4 is 5.78 Å². The third kappa shape index (κ3) is 7.13. The Balaban J connectivity index is 1.63. The topological polar surface area (TPSA) is 17.1 Å². The Morgan fingerprint density at radius 3 is 2.17 bits per heavy atom. The number of rotatable bonds is 10. The molecule has 0 fully saturated rings. The number of ketones is 1. The zero-order valence-corrected chi connectivity index (χ0v) is 18.6. The first-order valence-electron chi connectivity index (χ1n) is 11.5. The Morgan fingerprint density at radius 2 is 1.53 bits per heavy atom. The van der Waals surface area contributed by atoms with Crippen molar-refractivity contribution in [2.75, 3.05) is 0 Å². The predicted octanol–water partition coefficient (Wildman–Crippen LogP) is 7.52. The molecule has 158 valence electrons. The van der Waals surface area contributed by atoms with Gasteiger partial charge in [-0.3, -0.25) is 4.79 Å². The molecule has 0 aliphatic heterocycles. The SMILES string of the molecule is CC(C)=CCCC1=CC[C@@H](C(=O)CCc2ccccc2)[C@H](CCc2ccccc2)C1. The average Bonchev–Trinajstić information content (AvgIpc) is 2.77. The molecule has 0 unspecified atom stereocenters. The van der Waals surface area contributed by atoms with Crippen molar-refractivity contribution < 1.29 is 4.79 Å². The van der Waals surface area contributed by atoms with E-state index in [-0.39, 0.29) is 5.92 Å². The van der Waals surface area contributed by atoms with Crippen molar-refractivity contribution in [2.45, 2.75) is 65.2 Å². The normalized spacial score (nSPS) is 18.5. The maximum atomic E-state index is 13.2. The van der Waals surface area contributed by atoms with Crippen LogP contribution in [0.1, 0.15) is 63.5 Å². The highest BCUT2D eigenvalue weighted by Gasteiger charge is 2.30. The molecule has 0 amide bonds. The van der Waals surface area contributed by atoms with Crippen molar-refractivity contribution in [2.24, 2.45) is 11.8 Å². The van der Waals surface area contributed by atoms with Crippen LogP contribution in [0, 0.1) is 11.8 Å². The zero-order valence-electron chi connectivity index (χ0n) is 18.6. The fraction of sp³-hybridized carbons (Fsp3) is 0.414. The highest BCUT2D eigenvalue weighted by atomic mass is 16.1. The van der Waals surface area contributed by atoms with Gasteiger partial charge in [-0.05, 0) is 75.8 Å². The van der Waals surface area contributed by atoms with Gasteiger partial charge < -0.3 is 0 Å². The fourth-order valence-electron chi connectivity index (χ4n) is 4.59. The molecule has 0 bridgehead atoms. The van der Waals surface area contributed by atoms with Crippen LogP contribution in [0.3, 0.4) is 0 Å². The van der Waals surface area contributed by atoms with Crippen molar-refractivity contribution in [1.29, 1.82) is 0 Å². The van der Waals surface area contributed by atoms with Gasteiger partial charge in [-0.25, -0.2) is 0 Å². The quantitative estimate of drug-likeness (QED) is 0.377. The van der Waals surface area contributed by atoms with Crippen molar-refractivity contribution in [3.05, 3.63) is 95.1 Å². The molecule has 30 heavy (non-hydrogen) atoms. The molecule has 0 radical (unpaired) electrons. The lowest BCUT2D eigenvalue weighted by atomic mass is 9.73. The average molecular weight is 401 g/mol. The first kappa shape index (κ1) is 22.3. The molecule has 0 spiro atoms. The third-order valence-electron chi connectivity index (χ3n) is 6.34. The lowest BCUT2D eigenvalue weighted by molar-refractivity contribution is -0.124. The molecule has 0 saturated carbocycles. The Bertz CT molecular complexity index is 840. The van der Waals surface area contributed by atoms with E-state index in [9.17, 15) is 4.79 Å². The summed E-state index contributed by atoms with van der Waals surface area (Å²) in [6.45, 7) is 4.33. The van der Waals surface area contributed by atoms with Gasteiger partial charge in [0.25, 0.3) is 0 Å². The Kier molecular flexibility index (Phi) is 8.68. The molecule has 0 heterocycles. The largest absolute Gasteiger partial charge is 0.299 e. The lowest BCUT2D eigenvalue weighted by Gasteiger charge is -2.31. The minimum atomic E-state index is 0.185. The summed E-state index contributed by atoms with van der Waals surface area (Å²) >= 11 is 0. The summed E-state index contributed by atoms with van der Waals surface area (Å²) < 4.78 is 0. The number of hydrogen-bond donors (Lipinski definition) is 0. The molecule has 2 aromatic rings. The molecule has 2 atom stereocenters. The summed E-state index contributed by atoms with van der Waals surface area (Å²) in [6.07, 6.45) is 12.7. The van der Waals surface area contributed by atoms with Gasteiger partial charge in [-0.2, -0.15) is 0 Å². The molecule has 3 rings (SSSR count). The number of benzene rings is 2. The van der Waals surface area contributed by atoms with Gasteiger partial charge >= 0.3 is 0 Å². The maximum Gasteiger partial charge on any atom is 0.136 e. The first-order chi connectivity index (χ1) is 14.6. The number of aryl methyl sites for hydroxylation is 2. The zero-order chi connectivity index (χ0) is 21.2. The standard InChI is InChI=1S/C29H36O/c1-23(2)10-9-15-26-17-20-28(29(30)21-18-25-13-7-4-8-14-25)27(22-26)19-16-24-11-5-3-6-12-24/h3-8,10-14,17,27-28H,9,15-16,18-22H2,1-2H3/t27-,28-/m1/s1. The van der Waals surface area contributed by atoms with E-state index in [4.69, 9.17) is 0 Å². The van der Waals surface area contributed by atoms with Crippen LogP contribution in [-0.2, 0) is 17.6 Å². The van der Waals surface area contributed by atoms with Crippen LogP contribution in [-0.4, -0.2) is 5.78 Å². The van der Waals surface area contributed by atoms with Crippen LogP contribution >= 0.6 is 0 Å². The van der Waals surface area contributed by atoms with Gasteiger partial charge in [-0.15, -0.1) is 0 Å². The number of carbonyl (C=O) groups excluding carboxylic acids is 1. The number of allylic oxidation sites excluding steroid dienone is 4. The van der Waals surface area contributed by atoms with Gasteiger partial charge in [0.05, 0.1) is 0 Å². The molecule has 1 aliphatic carbocycles. The van der Waals surface area contributed by atoms with Crippen molar-refractivity contribution in [1.82, 2.24) is 0 Å². The van der Waals surface area contributed by atoms with E-state index in [2.05, 4.69) is 80.6 Å². The second-order valence-electron chi connectivity index (χ2n) is 8.97. The summed E-state index contributed by atoms with van der Waals surface area (Å²) in [5.74, 6) is 1.11. The monoisotopic (exact) mass is 400 g/mol. The smallest absolute Gasteiger partial charge is 0.136 e. The molecule has 1 nitrogen and oxygen atoms in total. The number of hydrogen-bond acceptors (Lipinski definition) is 1. The molecule has 0 N–H and O–H groups in total. The Morgan fingerprint density at radius 1 is 0.900 bits per heavy atom. The van der Waals surface area contributed by atoms with E-state index in [1.165, 1.54) is 16.7 Å². The molecule has 1 heteroatoms. The van der Waals surface area contributed by atoms with Crippen LogP contribution in [0.2, 0.25) is 0 Å². The maximum absolute atomic E-state index is 13.2. The Labute approximate surface area is 182 Å². The minimum absolute atomic E-state index is 0.185. The van der Waals surface area contributed by atoms with Gasteiger partial charge in [0.2, 0.25) is 0 Å². The van der Waals surface area contributed by atoms with Crippen molar-refractivity contribution in [3.8, 4) is 0 Å². The number of Topliss-reactive ketones (excluding diaryl/α,β-unsaturated/α-hetero) is 1. The van der Waals surface area contributed by atoms with Gasteiger partial charge in [0.1, 0.15) is 5.78 Å². The van der Waals surface area contributed by atoms with E-state index < -0.39 is 0 Å². The summed E-state index contributed by atoms with van der Waals surface area (Å²) in [5, 5.41) is 0. The van der Waals surface area contributed by atoms with Gasteiger partial charge in [0, 0.05) is 12.3 Å². The first-order valence-corrected chi connectivity index (χ1v) is 11.5. The van der Waals surface area contributed by atoms with E-state index in [1.807, 2.05) is 6.07 Å². The highest BCUT2D eigenvalue weighted by Crippen LogP contribution is 2.36. The highest BCUT2D eigenvalue weighted by molar-refractivity contribution is 5.82. The van der Waals surface area contributed by atoms with Crippen LogP contribution in [0.4, 0.5) is 0 Å². The number of carbonyl (C=O) groups is 1. The fourth-order valence-corrected chi connectivity index (χ4v) is 4.59. The Hall–Kier alpha value is -2.41. The summed E-state index contributed by atoms with van der Waals surface area (Å²) in [7, 11) is 0. The van der Waals surface area contributed by atoms with E-state index in [0.29, 0.717) is 18.1 Å². The second kappa shape index (κ2) is 11.7. The van der Waals surface area contributed by atoms with Crippen molar-refractivity contribution in [3.63, 3.8) is 0 Å². The molecular weight excluding hydrogens is 364 g/mol. The predicted molar refractivity (Wildman–Crippen MR) is 127 cm³/mol. The second-order valence-corrected chi connectivity index (χ2v) is 8.97. The van der Waals surface area contributed by atoms with Gasteiger partial charge in [-0.1, -0.05) is 84.0 Å². The third-order valence-corrected chi connectivity index (χ3v) is 6.34.